The number of Topliss-reactive ketones (excluding diaryl/α,β-unsaturated/α-hetero) is 1. The van der Waals surface area contributed by atoms with Crippen LogP contribution in [0.2, 0.25) is 0 Å². The van der Waals surface area contributed by atoms with E-state index in [1.807, 2.05) is 20.8 Å². The second-order valence-corrected chi connectivity index (χ2v) is 6.91. The first-order valence-corrected chi connectivity index (χ1v) is 7.46. The second kappa shape index (κ2) is 5.70. The predicted molar refractivity (Wildman–Crippen MR) is 74.7 cm³/mol. The zero-order valence-electron chi connectivity index (χ0n) is 12.2. The van der Waals surface area contributed by atoms with E-state index in [2.05, 4.69) is 9.80 Å². The normalized spacial score (nSPS) is 26.9. The van der Waals surface area contributed by atoms with Crippen molar-refractivity contribution in [2.45, 2.75) is 52.5 Å². The molecule has 0 bridgehead atoms. The number of ketones is 1. The molecule has 0 aromatic rings. The van der Waals surface area contributed by atoms with Crippen LogP contribution in [0.25, 0.3) is 0 Å². The topological polar surface area (TPSA) is 23.6 Å². The lowest BCUT2D eigenvalue weighted by Crippen LogP contribution is -2.38. The number of carbonyl (C=O) groups excluding carboxylic acids is 1. The number of carbonyl (C=O) groups is 1. The van der Waals surface area contributed by atoms with Gasteiger partial charge in [0.05, 0.1) is 0 Å². The lowest BCUT2D eigenvalue weighted by Gasteiger charge is -2.26. The maximum absolute atomic E-state index is 12.0. The summed E-state index contributed by atoms with van der Waals surface area (Å²) in [6, 6.07) is 0.761. The SMILES string of the molecule is CC(C)(C)C(=O)CCN1CCCN2CCCC2C1. The van der Waals surface area contributed by atoms with Gasteiger partial charge in [-0.05, 0) is 38.9 Å². The highest BCUT2D eigenvalue weighted by Crippen LogP contribution is 2.22. The minimum Gasteiger partial charge on any atom is -0.301 e. The van der Waals surface area contributed by atoms with Crippen molar-refractivity contribution >= 4 is 5.78 Å². The summed E-state index contributed by atoms with van der Waals surface area (Å²) in [5.74, 6) is 0.398. The van der Waals surface area contributed by atoms with E-state index in [0.717, 1.165) is 19.0 Å². The molecule has 1 unspecified atom stereocenters. The van der Waals surface area contributed by atoms with E-state index in [9.17, 15) is 4.79 Å². The molecule has 18 heavy (non-hydrogen) atoms. The van der Waals surface area contributed by atoms with Gasteiger partial charge in [0, 0.05) is 31.0 Å². The number of hydrogen-bond acceptors (Lipinski definition) is 3. The van der Waals surface area contributed by atoms with Crippen molar-refractivity contribution in [3.63, 3.8) is 0 Å². The molecule has 2 rings (SSSR count). The third-order valence-electron chi connectivity index (χ3n) is 4.38. The Labute approximate surface area is 112 Å². The number of fused-ring (bicyclic) bond motifs is 1. The van der Waals surface area contributed by atoms with E-state index < -0.39 is 0 Å². The molecule has 0 aromatic carbocycles. The molecule has 2 saturated heterocycles. The van der Waals surface area contributed by atoms with Crippen LogP contribution in [0.1, 0.15) is 46.5 Å². The van der Waals surface area contributed by atoms with Crippen molar-refractivity contribution in [3.8, 4) is 0 Å². The quantitative estimate of drug-likeness (QED) is 0.769. The van der Waals surface area contributed by atoms with Crippen LogP contribution in [-0.4, -0.2) is 54.3 Å². The maximum Gasteiger partial charge on any atom is 0.139 e. The van der Waals surface area contributed by atoms with Crippen LogP contribution in [0.3, 0.4) is 0 Å². The Bertz CT molecular complexity index is 295. The molecule has 0 saturated carbocycles. The smallest absolute Gasteiger partial charge is 0.139 e. The van der Waals surface area contributed by atoms with Crippen molar-refractivity contribution in [3.05, 3.63) is 0 Å². The Balaban J connectivity index is 1.80. The van der Waals surface area contributed by atoms with Gasteiger partial charge in [0.2, 0.25) is 0 Å². The fraction of sp³-hybridized carbons (Fsp3) is 0.933. The summed E-state index contributed by atoms with van der Waals surface area (Å²) in [6.07, 6.45) is 4.69. The third kappa shape index (κ3) is 3.55. The molecule has 0 aliphatic carbocycles. The van der Waals surface area contributed by atoms with Gasteiger partial charge in [-0.1, -0.05) is 20.8 Å². The van der Waals surface area contributed by atoms with Crippen molar-refractivity contribution in [1.29, 1.82) is 0 Å². The summed E-state index contributed by atoms with van der Waals surface area (Å²) in [7, 11) is 0. The lowest BCUT2D eigenvalue weighted by atomic mass is 9.89. The van der Waals surface area contributed by atoms with Crippen molar-refractivity contribution in [2.24, 2.45) is 5.41 Å². The average Bonchev–Trinajstić information content (AvgIpc) is 2.63. The van der Waals surface area contributed by atoms with Crippen LogP contribution in [0.15, 0.2) is 0 Å². The summed E-state index contributed by atoms with van der Waals surface area (Å²) in [6.45, 7) is 11.9. The van der Waals surface area contributed by atoms with Crippen LogP contribution in [0, 0.1) is 5.41 Å². The summed E-state index contributed by atoms with van der Waals surface area (Å²) in [5.41, 5.74) is -0.175. The number of hydrogen-bond donors (Lipinski definition) is 0. The van der Waals surface area contributed by atoms with Gasteiger partial charge in [0.1, 0.15) is 5.78 Å². The van der Waals surface area contributed by atoms with E-state index in [1.165, 1.54) is 45.4 Å². The van der Waals surface area contributed by atoms with Gasteiger partial charge >= 0.3 is 0 Å². The average molecular weight is 252 g/mol. The summed E-state index contributed by atoms with van der Waals surface area (Å²) >= 11 is 0. The minimum atomic E-state index is -0.175. The number of rotatable bonds is 3. The molecule has 3 heteroatoms. The van der Waals surface area contributed by atoms with E-state index in [4.69, 9.17) is 0 Å². The summed E-state index contributed by atoms with van der Waals surface area (Å²) in [4.78, 5) is 17.1. The third-order valence-corrected chi connectivity index (χ3v) is 4.38. The molecule has 2 aliphatic rings. The Hall–Kier alpha value is -0.410. The van der Waals surface area contributed by atoms with Crippen molar-refractivity contribution in [1.82, 2.24) is 9.80 Å². The Morgan fingerprint density at radius 3 is 2.61 bits per heavy atom. The molecule has 0 N–H and O–H groups in total. The second-order valence-electron chi connectivity index (χ2n) is 6.91. The highest BCUT2D eigenvalue weighted by molar-refractivity contribution is 5.83. The monoisotopic (exact) mass is 252 g/mol. The van der Waals surface area contributed by atoms with Gasteiger partial charge in [-0.15, -0.1) is 0 Å². The Morgan fingerprint density at radius 1 is 1.17 bits per heavy atom. The molecular weight excluding hydrogens is 224 g/mol. The molecule has 0 radical (unpaired) electrons. The van der Waals surface area contributed by atoms with Gasteiger partial charge < -0.3 is 4.90 Å². The maximum atomic E-state index is 12.0. The molecule has 0 aromatic heterocycles. The molecule has 0 amide bonds. The van der Waals surface area contributed by atoms with Crippen LogP contribution in [-0.2, 0) is 4.79 Å². The Kier molecular flexibility index (Phi) is 4.44. The van der Waals surface area contributed by atoms with E-state index in [1.54, 1.807) is 0 Å². The number of nitrogens with zero attached hydrogens (tertiary/aromatic N) is 2. The first-order chi connectivity index (χ1) is 8.47. The first-order valence-electron chi connectivity index (χ1n) is 7.46. The van der Waals surface area contributed by atoms with E-state index in [-0.39, 0.29) is 5.41 Å². The summed E-state index contributed by atoms with van der Waals surface area (Å²) < 4.78 is 0. The van der Waals surface area contributed by atoms with Crippen LogP contribution < -0.4 is 0 Å². The zero-order valence-corrected chi connectivity index (χ0v) is 12.2. The first kappa shape index (κ1) is 14.0. The van der Waals surface area contributed by atoms with Crippen LogP contribution in [0.4, 0.5) is 0 Å². The molecule has 104 valence electrons. The van der Waals surface area contributed by atoms with E-state index >= 15 is 0 Å². The van der Waals surface area contributed by atoms with Gasteiger partial charge in [-0.2, -0.15) is 0 Å². The fourth-order valence-electron chi connectivity index (χ4n) is 3.12. The van der Waals surface area contributed by atoms with Crippen LogP contribution >= 0.6 is 0 Å². The molecule has 2 aliphatic heterocycles. The zero-order chi connectivity index (χ0) is 13.2. The molecule has 2 fully saturated rings. The van der Waals surface area contributed by atoms with Crippen molar-refractivity contribution in [2.75, 3.05) is 32.7 Å². The molecule has 3 nitrogen and oxygen atoms in total. The highest BCUT2D eigenvalue weighted by Gasteiger charge is 2.29. The highest BCUT2D eigenvalue weighted by atomic mass is 16.1. The van der Waals surface area contributed by atoms with Gasteiger partial charge in [-0.25, -0.2) is 0 Å². The molecule has 2 heterocycles. The van der Waals surface area contributed by atoms with Gasteiger partial charge in [-0.3, -0.25) is 9.69 Å². The minimum absolute atomic E-state index is 0.175. The standard InChI is InChI=1S/C15H28N2O/c1-15(2,3)14(18)7-11-16-8-5-10-17-9-4-6-13(17)12-16/h13H,4-12H2,1-3H3. The molecular formula is C15H28N2O. The fourth-order valence-corrected chi connectivity index (χ4v) is 3.12. The largest absolute Gasteiger partial charge is 0.301 e. The molecule has 1 atom stereocenters. The lowest BCUT2D eigenvalue weighted by molar-refractivity contribution is -0.126. The summed E-state index contributed by atoms with van der Waals surface area (Å²) in [5, 5.41) is 0. The molecule has 0 spiro atoms. The van der Waals surface area contributed by atoms with Crippen LogP contribution in [0.5, 0.6) is 0 Å². The predicted octanol–water partition coefficient (Wildman–Crippen LogP) is 2.16. The van der Waals surface area contributed by atoms with Crippen molar-refractivity contribution < 1.29 is 4.79 Å². The van der Waals surface area contributed by atoms with Gasteiger partial charge in [0.15, 0.2) is 0 Å². The van der Waals surface area contributed by atoms with Gasteiger partial charge in [0.25, 0.3) is 0 Å². The Morgan fingerprint density at radius 2 is 1.89 bits per heavy atom. The van der Waals surface area contributed by atoms with E-state index in [0.29, 0.717) is 5.78 Å².